The van der Waals surface area contributed by atoms with Crippen LogP contribution in [0.1, 0.15) is 42.6 Å². The number of amides is 1. The molecular weight excluding hydrogens is 306 g/mol. The van der Waals surface area contributed by atoms with E-state index in [0.29, 0.717) is 12.6 Å². The summed E-state index contributed by atoms with van der Waals surface area (Å²) in [7, 11) is 0. The quantitative estimate of drug-likeness (QED) is 0.854. The third-order valence-electron chi connectivity index (χ3n) is 4.89. The zero-order chi connectivity index (χ0) is 16.6. The Morgan fingerprint density at radius 2 is 2.13 bits per heavy atom. The molecule has 1 atom stereocenters. The van der Waals surface area contributed by atoms with Crippen LogP contribution in [0.2, 0.25) is 0 Å². The predicted molar refractivity (Wildman–Crippen MR) is 94.8 cm³/mol. The lowest BCUT2D eigenvalue weighted by molar-refractivity contribution is -0.135. The van der Waals surface area contributed by atoms with Gasteiger partial charge in [0.1, 0.15) is 6.54 Å². The molecule has 1 amide bonds. The summed E-state index contributed by atoms with van der Waals surface area (Å²) in [5.74, 6) is 0.236. The molecule has 1 fully saturated rings. The van der Waals surface area contributed by atoms with Crippen LogP contribution in [0.15, 0.2) is 11.4 Å². The van der Waals surface area contributed by atoms with Gasteiger partial charge in [-0.05, 0) is 53.0 Å². The van der Waals surface area contributed by atoms with E-state index in [2.05, 4.69) is 46.7 Å². The Hall–Kier alpha value is -1.62. The number of aromatic nitrogens is 2. The van der Waals surface area contributed by atoms with Crippen LogP contribution in [0.4, 0.5) is 0 Å². The number of aryl methyl sites for hydroxylation is 2. The van der Waals surface area contributed by atoms with Crippen LogP contribution in [-0.4, -0.2) is 32.9 Å². The van der Waals surface area contributed by atoms with Crippen molar-refractivity contribution in [1.29, 1.82) is 0 Å². The second kappa shape index (κ2) is 6.48. The molecule has 1 aliphatic heterocycles. The van der Waals surface area contributed by atoms with Crippen molar-refractivity contribution in [1.82, 2.24) is 14.5 Å². The number of hydrogen-bond donors (Lipinski definition) is 0. The van der Waals surface area contributed by atoms with Gasteiger partial charge in [0, 0.05) is 34.9 Å². The number of carbonyl (C=O) groups excluding carboxylic acids is 1. The van der Waals surface area contributed by atoms with Crippen LogP contribution in [-0.2, 0) is 11.3 Å². The molecule has 23 heavy (non-hydrogen) atoms. The van der Waals surface area contributed by atoms with Crippen LogP contribution in [0.25, 0.3) is 11.3 Å². The Kier molecular flexibility index (Phi) is 4.57. The average molecular weight is 331 g/mol. The van der Waals surface area contributed by atoms with Gasteiger partial charge in [0.05, 0.1) is 10.7 Å². The van der Waals surface area contributed by atoms with Gasteiger partial charge >= 0.3 is 0 Å². The van der Waals surface area contributed by atoms with E-state index in [1.54, 1.807) is 11.3 Å². The van der Waals surface area contributed by atoms with Crippen LogP contribution >= 0.6 is 11.3 Å². The largest absolute Gasteiger partial charge is 0.339 e. The Balaban J connectivity index is 1.83. The molecule has 5 heteroatoms. The lowest BCUT2D eigenvalue weighted by atomic mass is 10.0. The molecule has 0 aromatic carbocycles. The van der Waals surface area contributed by atoms with Crippen molar-refractivity contribution in [2.24, 2.45) is 0 Å². The summed E-state index contributed by atoms with van der Waals surface area (Å²) >= 11 is 1.66. The summed E-state index contributed by atoms with van der Waals surface area (Å²) in [4.78, 5) is 19.4. The number of rotatable bonds is 3. The molecule has 1 unspecified atom stereocenters. The van der Waals surface area contributed by atoms with E-state index >= 15 is 0 Å². The summed E-state index contributed by atoms with van der Waals surface area (Å²) in [6, 6.07) is 2.52. The monoisotopic (exact) mass is 331 g/mol. The molecule has 0 bridgehead atoms. The smallest absolute Gasteiger partial charge is 0.242 e. The Labute approximate surface area is 142 Å². The summed E-state index contributed by atoms with van der Waals surface area (Å²) in [6.45, 7) is 9.68. The fourth-order valence-electron chi connectivity index (χ4n) is 3.49. The zero-order valence-electron chi connectivity index (χ0n) is 14.4. The molecule has 2 aromatic heterocycles. The summed E-state index contributed by atoms with van der Waals surface area (Å²) < 4.78 is 2.13. The average Bonchev–Trinajstić information content (AvgIpc) is 3.06. The Morgan fingerprint density at radius 3 is 2.78 bits per heavy atom. The number of piperidine rings is 1. The van der Waals surface area contributed by atoms with Crippen LogP contribution in [0.5, 0.6) is 0 Å². The number of nitrogens with zero attached hydrogens (tertiary/aromatic N) is 3. The van der Waals surface area contributed by atoms with Gasteiger partial charge in [0.15, 0.2) is 0 Å². The Morgan fingerprint density at radius 1 is 1.35 bits per heavy atom. The van der Waals surface area contributed by atoms with Crippen LogP contribution < -0.4 is 0 Å². The van der Waals surface area contributed by atoms with Gasteiger partial charge in [-0.15, -0.1) is 11.3 Å². The first kappa shape index (κ1) is 16.2. The van der Waals surface area contributed by atoms with Crippen molar-refractivity contribution in [2.75, 3.05) is 6.54 Å². The molecule has 1 saturated heterocycles. The number of carbonyl (C=O) groups is 1. The normalized spacial score (nSPS) is 18.4. The lowest BCUT2D eigenvalue weighted by Gasteiger charge is -2.33. The summed E-state index contributed by atoms with van der Waals surface area (Å²) in [6.07, 6.45) is 3.49. The van der Waals surface area contributed by atoms with E-state index in [4.69, 9.17) is 0 Å². The van der Waals surface area contributed by atoms with E-state index in [0.717, 1.165) is 47.0 Å². The molecule has 0 aliphatic carbocycles. The van der Waals surface area contributed by atoms with E-state index in [9.17, 15) is 4.79 Å². The fourth-order valence-corrected chi connectivity index (χ4v) is 4.10. The number of hydrogen-bond acceptors (Lipinski definition) is 3. The molecule has 124 valence electrons. The van der Waals surface area contributed by atoms with E-state index in [1.165, 1.54) is 6.42 Å². The number of thiazole rings is 1. The van der Waals surface area contributed by atoms with Crippen molar-refractivity contribution >= 4 is 17.2 Å². The molecule has 0 spiro atoms. The molecule has 3 rings (SSSR count). The first-order valence-electron chi connectivity index (χ1n) is 8.36. The van der Waals surface area contributed by atoms with Gasteiger partial charge < -0.3 is 9.47 Å². The third-order valence-corrected chi connectivity index (χ3v) is 5.66. The highest BCUT2D eigenvalue weighted by Gasteiger charge is 2.24. The van der Waals surface area contributed by atoms with Gasteiger partial charge in [0.2, 0.25) is 5.91 Å². The standard InChI is InChI=1S/C18H25N3OS/c1-12-7-5-6-8-20(12)18(22)10-21-13(2)9-16(14(21)3)17-11-23-15(4)19-17/h9,11-12H,5-8,10H2,1-4H3. The molecule has 0 radical (unpaired) electrons. The van der Waals surface area contributed by atoms with E-state index in [1.807, 2.05) is 6.92 Å². The van der Waals surface area contributed by atoms with Crippen molar-refractivity contribution in [2.45, 2.75) is 59.5 Å². The third kappa shape index (κ3) is 3.20. The molecular formula is C18H25N3OS. The second-order valence-electron chi connectivity index (χ2n) is 6.55. The Bertz CT molecular complexity index is 716. The van der Waals surface area contributed by atoms with Gasteiger partial charge in [-0.1, -0.05) is 0 Å². The zero-order valence-corrected chi connectivity index (χ0v) is 15.2. The molecule has 3 heterocycles. The van der Waals surface area contributed by atoms with E-state index in [-0.39, 0.29) is 5.91 Å². The van der Waals surface area contributed by atoms with E-state index < -0.39 is 0 Å². The first-order chi connectivity index (χ1) is 11.0. The predicted octanol–water partition coefficient (Wildman–Crippen LogP) is 3.94. The number of likely N-dealkylation sites (tertiary alicyclic amines) is 1. The van der Waals surface area contributed by atoms with Gasteiger partial charge in [-0.3, -0.25) is 4.79 Å². The highest BCUT2D eigenvalue weighted by molar-refractivity contribution is 7.09. The van der Waals surface area contributed by atoms with Crippen molar-refractivity contribution in [3.8, 4) is 11.3 Å². The maximum Gasteiger partial charge on any atom is 0.242 e. The molecule has 0 N–H and O–H groups in total. The minimum atomic E-state index is 0.236. The van der Waals surface area contributed by atoms with Crippen molar-refractivity contribution < 1.29 is 4.79 Å². The highest BCUT2D eigenvalue weighted by atomic mass is 32.1. The molecule has 1 aliphatic rings. The lowest BCUT2D eigenvalue weighted by Crippen LogP contribution is -2.43. The molecule has 0 saturated carbocycles. The van der Waals surface area contributed by atoms with Crippen molar-refractivity contribution in [3.05, 3.63) is 27.8 Å². The van der Waals surface area contributed by atoms with Crippen molar-refractivity contribution in [3.63, 3.8) is 0 Å². The first-order valence-corrected chi connectivity index (χ1v) is 9.24. The second-order valence-corrected chi connectivity index (χ2v) is 7.62. The minimum absolute atomic E-state index is 0.236. The van der Waals surface area contributed by atoms with Gasteiger partial charge in [-0.2, -0.15) is 0 Å². The summed E-state index contributed by atoms with van der Waals surface area (Å²) in [5, 5.41) is 3.17. The SMILES string of the molecule is Cc1nc(-c2cc(C)n(CC(=O)N3CCCCC3C)c2C)cs1. The maximum atomic E-state index is 12.7. The minimum Gasteiger partial charge on any atom is -0.339 e. The topological polar surface area (TPSA) is 38.1 Å². The van der Waals surface area contributed by atoms with Gasteiger partial charge in [0.25, 0.3) is 0 Å². The fraction of sp³-hybridized carbons (Fsp3) is 0.556. The highest BCUT2D eigenvalue weighted by Crippen LogP contribution is 2.28. The summed E-state index contributed by atoms with van der Waals surface area (Å²) in [5.41, 5.74) is 4.42. The van der Waals surface area contributed by atoms with Crippen LogP contribution in [0.3, 0.4) is 0 Å². The maximum absolute atomic E-state index is 12.7. The van der Waals surface area contributed by atoms with Crippen LogP contribution in [0, 0.1) is 20.8 Å². The molecule has 4 nitrogen and oxygen atoms in total. The van der Waals surface area contributed by atoms with Gasteiger partial charge in [-0.25, -0.2) is 4.98 Å². The molecule has 2 aromatic rings.